The van der Waals surface area contributed by atoms with Gasteiger partial charge in [0.15, 0.2) is 0 Å². The molecule has 2 aromatic rings. The van der Waals surface area contributed by atoms with Gasteiger partial charge in [-0.05, 0) is 57.9 Å². The third kappa shape index (κ3) is 11.3. The zero-order chi connectivity index (χ0) is 29.2. The highest BCUT2D eigenvalue weighted by molar-refractivity contribution is 5.94. The van der Waals surface area contributed by atoms with E-state index in [1.54, 1.807) is 41.5 Å². The molecule has 0 unspecified atom stereocenters. The van der Waals surface area contributed by atoms with Gasteiger partial charge in [0.2, 0.25) is 17.7 Å². The molecular weight excluding hydrogens is 504 g/mol. The molecule has 11 nitrogen and oxygen atoms in total. The van der Waals surface area contributed by atoms with Crippen LogP contribution in [0.15, 0.2) is 42.5 Å². The van der Waals surface area contributed by atoms with Gasteiger partial charge in [0, 0.05) is 13.7 Å². The van der Waals surface area contributed by atoms with E-state index in [0.29, 0.717) is 0 Å². The molecule has 4 N–H and O–H groups in total. The summed E-state index contributed by atoms with van der Waals surface area (Å²) in [6.45, 7) is 10.3. The first-order valence-electron chi connectivity index (χ1n) is 12.7. The maximum atomic E-state index is 13.2. The lowest BCUT2D eigenvalue weighted by Crippen LogP contribution is -2.56. The van der Waals surface area contributed by atoms with Gasteiger partial charge in [-0.3, -0.25) is 19.2 Å². The summed E-state index contributed by atoms with van der Waals surface area (Å²) in [6, 6.07) is 11.2. The zero-order valence-corrected chi connectivity index (χ0v) is 23.7. The maximum Gasteiger partial charge on any atom is 0.408 e. The summed E-state index contributed by atoms with van der Waals surface area (Å²) in [7, 11) is 1.39. The molecule has 0 spiro atoms. The Morgan fingerprint density at radius 3 is 2.13 bits per heavy atom. The Kier molecular flexibility index (Phi) is 11.2. The van der Waals surface area contributed by atoms with Crippen LogP contribution in [0, 0.1) is 0 Å². The number of nitrogens with one attached hydrogen (secondary N) is 4. The lowest BCUT2D eigenvalue weighted by molar-refractivity contribution is -0.147. The first kappa shape index (κ1) is 31.5. The van der Waals surface area contributed by atoms with Crippen LogP contribution in [0.4, 0.5) is 4.79 Å². The van der Waals surface area contributed by atoms with Crippen LogP contribution in [0.2, 0.25) is 0 Å². The van der Waals surface area contributed by atoms with Crippen molar-refractivity contribution >= 4 is 34.6 Å². The van der Waals surface area contributed by atoms with E-state index in [1.807, 2.05) is 42.5 Å². The van der Waals surface area contributed by atoms with Crippen molar-refractivity contribution in [3.05, 3.63) is 48.0 Å². The summed E-state index contributed by atoms with van der Waals surface area (Å²) in [5, 5.41) is 9.83. The summed E-state index contributed by atoms with van der Waals surface area (Å²) >= 11 is 0. The molecule has 2 atom stereocenters. The van der Waals surface area contributed by atoms with Gasteiger partial charge in [-0.1, -0.05) is 42.5 Å². The molecule has 2 rings (SSSR count). The summed E-state index contributed by atoms with van der Waals surface area (Å²) in [6.07, 6.45) is -1.35. The molecule has 0 radical (unpaired) electrons. The molecule has 39 heavy (non-hydrogen) atoms. The van der Waals surface area contributed by atoms with Gasteiger partial charge in [-0.15, -0.1) is 0 Å². The third-order valence-corrected chi connectivity index (χ3v) is 5.17. The van der Waals surface area contributed by atoms with Gasteiger partial charge < -0.3 is 25.4 Å². The number of hydrogen-bond donors (Lipinski definition) is 4. The number of ether oxygens (including phenoxy) is 2. The second-order valence-corrected chi connectivity index (χ2v) is 11.0. The van der Waals surface area contributed by atoms with Crippen molar-refractivity contribution in [2.45, 2.75) is 77.8 Å². The number of amides is 4. The first-order chi connectivity index (χ1) is 18.2. The molecule has 0 aromatic heterocycles. The lowest BCUT2D eigenvalue weighted by Gasteiger charge is -2.25. The fourth-order valence-electron chi connectivity index (χ4n) is 3.47. The minimum absolute atomic E-state index is 0.133. The Bertz CT molecular complexity index is 1150. The van der Waals surface area contributed by atoms with Crippen LogP contribution in [0.5, 0.6) is 0 Å². The highest BCUT2D eigenvalue weighted by Crippen LogP contribution is 2.18. The fourth-order valence-corrected chi connectivity index (χ4v) is 3.47. The van der Waals surface area contributed by atoms with Crippen LogP contribution in [-0.2, 0) is 35.2 Å². The summed E-state index contributed by atoms with van der Waals surface area (Å²) < 4.78 is 10.4. The molecule has 11 heteroatoms. The standard InChI is InChI=1S/C28H40N4O7/c1-27(2,3)38-26(36)31-21(15-23(33)32-39-28(4,5)6)25(35)30-22(17-37-7)24(34)29-16-19-13-10-12-18-11-8-9-14-20(18)19/h8-14,21-22H,15-17H2,1-7H3,(H,29,34)(H,30,35)(H,31,36)(H,32,33)/t21-,22-/m0/s1. The van der Waals surface area contributed by atoms with E-state index >= 15 is 0 Å². The number of fused-ring (bicyclic) bond motifs is 1. The SMILES string of the molecule is COC[C@H](NC(=O)[C@H](CC(=O)NOC(C)(C)C)NC(=O)OC(C)(C)C)C(=O)NCc1cccc2ccccc12. The highest BCUT2D eigenvalue weighted by atomic mass is 16.7. The van der Waals surface area contributed by atoms with Gasteiger partial charge in [0.05, 0.1) is 18.6 Å². The highest BCUT2D eigenvalue weighted by Gasteiger charge is 2.30. The van der Waals surface area contributed by atoms with Gasteiger partial charge in [-0.25, -0.2) is 10.3 Å². The van der Waals surface area contributed by atoms with Crippen LogP contribution in [-0.4, -0.2) is 60.8 Å². The number of methoxy groups -OCH3 is 1. The fraction of sp³-hybridized carbons (Fsp3) is 0.500. The number of benzene rings is 2. The predicted molar refractivity (Wildman–Crippen MR) is 146 cm³/mol. The van der Waals surface area contributed by atoms with Crippen LogP contribution < -0.4 is 21.4 Å². The molecular formula is C28H40N4O7. The molecule has 0 saturated heterocycles. The molecule has 0 aliphatic rings. The molecule has 4 amide bonds. The predicted octanol–water partition coefficient (Wildman–Crippen LogP) is 2.72. The van der Waals surface area contributed by atoms with Crippen molar-refractivity contribution in [1.29, 1.82) is 0 Å². The van der Waals surface area contributed by atoms with Crippen molar-refractivity contribution < 1.29 is 33.5 Å². The van der Waals surface area contributed by atoms with E-state index in [2.05, 4.69) is 21.4 Å². The van der Waals surface area contributed by atoms with Crippen molar-refractivity contribution in [1.82, 2.24) is 21.4 Å². The van der Waals surface area contributed by atoms with E-state index < -0.39 is 53.5 Å². The number of alkyl carbamates (subject to hydrolysis) is 1. The number of hydroxylamine groups is 1. The largest absolute Gasteiger partial charge is 0.444 e. The second-order valence-electron chi connectivity index (χ2n) is 11.0. The van der Waals surface area contributed by atoms with Crippen molar-refractivity contribution in [2.75, 3.05) is 13.7 Å². The zero-order valence-electron chi connectivity index (χ0n) is 23.7. The minimum Gasteiger partial charge on any atom is -0.444 e. The van der Waals surface area contributed by atoms with Gasteiger partial charge in [-0.2, -0.15) is 0 Å². The molecule has 0 saturated carbocycles. The van der Waals surface area contributed by atoms with Gasteiger partial charge >= 0.3 is 6.09 Å². The van der Waals surface area contributed by atoms with Crippen molar-refractivity contribution in [3.63, 3.8) is 0 Å². The van der Waals surface area contributed by atoms with E-state index in [9.17, 15) is 19.2 Å². The van der Waals surface area contributed by atoms with E-state index in [1.165, 1.54) is 7.11 Å². The number of hydrogen-bond acceptors (Lipinski definition) is 7. The Morgan fingerprint density at radius 2 is 1.49 bits per heavy atom. The van der Waals surface area contributed by atoms with E-state index in [0.717, 1.165) is 16.3 Å². The smallest absolute Gasteiger partial charge is 0.408 e. The van der Waals surface area contributed by atoms with Crippen LogP contribution in [0.25, 0.3) is 10.8 Å². The summed E-state index contributed by atoms with van der Waals surface area (Å²) in [5.41, 5.74) is 1.68. The Labute approximate surface area is 229 Å². The van der Waals surface area contributed by atoms with Gasteiger partial charge in [0.1, 0.15) is 17.7 Å². The quantitative estimate of drug-likeness (QED) is 0.319. The molecule has 214 valence electrons. The number of carbonyl (C=O) groups is 4. The van der Waals surface area contributed by atoms with Crippen molar-refractivity contribution in [3.8, 4) is 0 Å². The Hall–Kier alpha value is -3.70. The van der Waals surface area contributed by atoms with Crippen LogP contribution in [0.3, 0.4) is 0 Å². The molecule has 0 aliphatic heterocycles. The van der Waals surface area contributed by atoms with E-state index in [-0.39, 0.29) is 13.2 Å². The molecule has 2 aromatic carbocycles. The first-order valence-corrected chi connectivity index (χ1v) is 12.7. The number of carbonyl (C=O) groups excluding carboxylic acids is 4. The topological polar surface area (TPSA) is 144 Å². The minimum atomic E-state index is -1.35. The van der Waals surface area contributed by atoms with Crippen LogP contribution in [0.1, 0.15) is 53.5 Å². The average molecular weight is 545 g/mol. The molecule has 0 bridgehead atoms. The molecule has 0 aliphatic carbocycles. The van der Waals surface area contributed by atoms with Crippen LogP contribution >= 0.6 is 0 Å². The van der Waals surface area contributed by atoms with Crippen molar-refractivity contribution in [2.24, 2.45) is 0 Å². The third-order valence-electron chi connectivity index (χ3n) is 5.17. The van der Waals surface area contributed by atoms with Gasteiger partial charge in [0.25, 0.3) is 0 Å². The maximum absolute atomic E-state index is 13.2. The number of rotatable bonds is 11. The second kappa shape index (κ2) is 13.9. The molecule has 0 heterocycles. The summed E-state index contributed by atoms with van der Waals surface area (Å²) in [4.78, 5) is 56.3. The van der Waals surface area contributed by atoms with E-state index in [4.69, 9.17) is 14.3 Å². The average Bonchev–Trinajstić information content (AvgIpc) is 2.83. The monoisotopic (exact) mass is 544 g/mol. The molecule has 0 fully saturated rings. The lowest BCUT2D eigenvalue weighted by atomic mass is 10.0. The summed E-state index contributed by atoms with van der Waals surface area (Å²) in [5.74, 6) is -1.91. The Morgan fingerprint density at radius 1 is 0.821 bits per heavy atom. The Balaban J connectivity index is 2.12. The normalized spacial score (nSPS) is 13.2.